The summed E-state index contributed by atoms with van der Waals surface area (Å²) in [6.07, 6.45) is 4.05. The number of carbonyl (C=O) groups excluding carboxylic acids is 1. The van der Waals surface area contributed by atoms with Gasteiger partial charge in [-0.1, -0.05) is 24.3 Å². The number of hydrogen-bond donors (Lipinski definition) is 4. The molecule has 5 N–H and O–H groups in total. The van der Waals surface area contributed by atoms with Crippen molar-refractivity contribution < 1.29 is 14.6 Å². The Hall–Kier alpha value is -3.01. The topological polar surface area (TPSA) is 129 Å². The van der Waals surface area contributed by atoms with Crippen LogP contribution in [0.25, 0.3) is 22.3 Å². The van der Waals surface area contributed by atoms with Crippen LogP contribution in [0.1, 0.15) is 37.3 Å². The van der Waals surface area contributed by atoms with E-state index in [0.717, 1.165) is 60.6 Å². The molecule has 2 aliphatic heterocycles. The first-order chi connectivity index (χ1) is 16.5. The van der Waals surface area contributed by atoms with Crippen molar-refractivity contribution in [3.05, 3.63) is 42.2 Å². The van der Waals surface area contributed by atoms with Gasteiger partial charge in [-0.3, -0.25) is 4.79 Å². The maximum absolute atomic E-state index is 11.6. The van der Waals surface area contributed by atoms with Crippen molar-refractivity contribution in [3.63, 3.8) is 0 Å². The maximum Gasteiger partial charge on any atom is 0.249 e. The third kappa shape index (κ3) is 3.46. The van der Waals surface area contributed by atoms with E-state index in [0.29, 0.717) is 26.1 Å². The summed E-state index contributed by atoms with van der Waals surface area (Å²) >= 11 is 0. The first kappa shape index (κ1) is 21.5. The number of rotatable bonds is 4. The molecule has 1 aliphatic carbocycles. The van der Waals surface area contributed by atoms with Crippen molar-refractivity contribution in [2.45, 2.75) is 37.3 Å². The Labute approximate surface area is 197 Å². The Bertz CT molecular complexity index is 1210. The molecular weight excluding hydrogens is 432 g/mol. The molecule has 3 aromatic rings. The molecule has 1 saturated carbocycles. The molecule has 3 fully saturated rings. The second-order valence-corrected chi connectivity index (χ2v) is 9.94. The first-order valence-corrected chi connectivity index (χ1v) is 12.0. The summed E-state index contributed by atoms with van der Waals surface area (Å²) in [5.74, 6) is 0.344. The lowest BCUT2D eigenvalue weighted by Gasteiger charge is -2.55. The lowest BCUT2D eigenvalue weighted by molar-refractivity contribution is -0.145. The fourth-order valence-electron chi connectivity index (χ4n) is 5.80. The van der Waals surface area contributed by atoms with E-state index in [1.54, 1.807) is 6.33 Å². The highest BCUT2D eigenvalue weighted by Crippen LogP contribution is 2.53. The largest absolute Gasteiger partial charge is 0.380 e. The molecule has 9 nitrogen and oxygen atoms in total. The number of nitrogens with two attached hydrogens (primary N) is 1. The zero-order valence-corrected chi connectivity index (χ0v) is 19.1. The highest BCUT2D eigenvalue weighted by molar-refractivity contribution is 5.92. The summed E-state index contributed by atoms with van der Waals surface area (Å²) in [5, 5.41) is 15.0. The predicted molar refractivity (Wildman–Crippen MR) is 128 cm³/mol. The van der Waals surface area contributed by atoms with Crippen molar-refractivity contribution in [2.75, 3.05) is 37.7 Å². The number of fused-ring (bicyclic) bond motifs is 1. The third-order valence-corrected chi connectivity index (χ3v) is 8.07. The number of carbonyl (C=O) groups is 1. The first-order valence-electron chi connectivity index (χ1n) is 12.0. The van der Waals surface area contributed by atoms with Crippen LogP contribution >= 0.6 is 0 Å². The lowest BCUT2D eigenvalue weighted by Crippen LogP contribution is -2.60. The molecule has 3 aliphatic rings. The van der Waals surface area contributed by atoms with Crippen molar-refractivity contribution in [3.8, 4) is 11.3 Å². The van der Waals surface area contributed by atoms with Crippen LogP contribution in [0.15, 0.2) is 36.7 Å². The van der Waals surface area contributed by atoms with Crippen LogP contribution in [0.5, 0.6) is 0 Å². The molecule has 1 amide bonds. The van der Waals surface area contributed by atoms with Gasteiger partial charge in [0.25, 0.3) is 0 Å². The highest BCUT2D eigenvalue weighted by atomic mass is 16.5. The van der Waals surface area contributed by atoms with Gasteiger partial charge in [-0.15, -0.1) is 0 Å². The van der Waals surface area contributed by atoms with E-state index in [2.05, 4.69) is 55.5 Å². The van der Waals surface area contributed by atoms with E-state index < -0.39 is 11.5 Å². The maximum atomic E-state index is 11.6. The Kier molecular flexibility index (Phi) is 5.09. The van der Waals surface area contributed by atoms with Crippen LogP contribution in [0.2, 0.25) is 0 Å². The number of aromatic amines is 1. The number of H-pyrrole nitrogens is 1. The van der Waals surface area contributed by atoms with Crippen LogP contribution in [-0.2, 0) is 9.53 Å². The number of ether oxygens (including phenoxy) is 1. The Balaban J connectivity index is 1.22. The third-order valence-electron chi connectivity index (χ3n) is 8.07. The van der Waals surface area contributed by atoms with Gasteiger partial charge in [0.15, 0.2) is 0 Å². The summed E-state index contributed by atoms with van der Waals surface area (Å²) in [6, 6.07) is 11.0. The zero-order chi connectivity index (χ0) is 23.3. The molecule has 1 aromatic carbocycles. The smallest absolute Gasteiger partial charge is 0.249 e. The SMILES string of the molecule is NC(=O)C1(O)CCC2(CC1)CNC2c1ccc(-c2cc3c(N4CCOCC4)ncnc3[nH]2)cc1. The molecule has 2 saturated heterocycles. The van der Waals surface area contributed by atoms with Gasteiger partial charge >= 0.3 is 0 Å². The Morgan fingerprint density at radius 2 is 1.85 bits per heavy atom. The van der Waals surface area contributed by atoms with Crippen molar-refractivity contribution in [2.24, 2.45) is 11.1 Å². The number of anilines is 1. The van der Waals surface area contributed by atoms with Crippen LogP contribution in [-0.4, -0.2) is 64.4 Å². The van der Waals surface area contributed by atoms with Gasteiger partial charge in [-0.05, 0) is 42.9 Å². The standard InChI is InChI=1S/C25H30N6O3/c26-23(32)25(33)7-5-24(6-8-25)14-27-20(24)17-3-1-16(2-4-17)19-13-18-21(30-19)28-15-29-22(18)31-9-11-34-12-10-31/h1-4,13,15,20,27,33H,5-12,14H2,(H2,26,32)(H,28,29,30). The number of nitrogens with one attached hydrogen (secondary N) is 2. The zero-order valence-electron chi connectivity index (χ0n) is 19.1. The molecule has 0 bridgehead atoms. The summed E-state index contributed by atoms with van der Waals surface area (Å²) in [7, 11) is 0. The van der Waals surface area contributed by atoms with E-state index in [-0.39, 0.29) is 11.5 Å². The average molecular weight is 463 g/mol. The number of amides is 1. The number of hydrogen-bond acceptors (Lipinski definition) is 7. The van der Waals surface area contributed by atoms with E-state index in [4.69, 9.17) is 10.5 Å². The number of primary amides is 1. The van der Waals surface area contributed by atoms with E-state index in [1.807, 2.05) is 0 Å². The van der Waals surface area contributed by atoms with Crippen LogP contribution < -0.4 is 16.0 Å². The molecular formula is C25H30N6O3. The molecule has 4 heterocycles. The minimum atomic E-state index is -1.35. The van der Waals surface area contributed by atoms with Gasteiger partial charge in [0.1, 0.15) is 23.4 Å². The fourth-order valence-corrected chi connectivity index (χ4v) is 5.80. The molecule has 0 radical (unpaired) electrons. The van der Waals surface area contributed by atoms with Gasteiger partial charge in [-0.25, -0.2) is 9.97 Å². The molecule has 6 rings (SSSR count). The normalized spacial score (nSPS) is 29.3. The Morgan fingerprint density at radius 1 is 1.12 bits per heavy atom. The molecule has 1 unspecified atom stereocenters. The monoisotopic (exact) mass is 462 g/mol. The second-order valence-electron chi connectivity index (χ2n) is 9.94. The Morgan fingerprint density at radius 3 is 2.50 bits per heavy atom. The number of morpholine rings is 1. The molecule has 1 spiro atoms. The lowest BCUT2D eigenvalue weighted by atomic mass is 9.59. The van der Waals surface area contributed by atoms with E-state index in [1.165, 1.54) is 5.56 Å². The summed E-state index contributed by atoms with van der Waals surface area (Å²) < 4.78 is 5.48. The second kappa shape index (κ2) is 8.04. The minimum absolute atomic E-state index is 0.0763. The number of nitrogens with zero attached hydrogens (tertiary/aromatic N) is 3. The van der Waals surface area contributed by atoms with Gasteiger partial charge in [0.2, 0.25) is 5.91 Å². The van der Waals surface area contributed by atoms with Crippen LogP contribution in [0.4, 0.5) is 5.82 Å². The molecule has 178 valence electrons. The van der Waals surface area contributed by atoms with Crippen LogP contribution in [0, 0.1) is 5.41 Å². The summed E-state index contributed by atoms with van der Waals surface area (Å²) in [5.41, 5.74) is 8.31. The van der Waals surface area contributed by atoms with Gasteiger partial charge in [0.05, 0.1) is 18.6 Å². The van der Waals surface area contributed by atoms with Gasteiger partial charge in [-0.2, -0.15) is 0 Å². The molecule has 9 heteroatoms. The van der Waals surface area contributed by atoms with Crippen molar-refractivity contribution in [1.29, 1.82) is 0 Å². The fraction of sp³-hybridized carbons (Fsp3) is 0.480. The van der Waals surface area contributed by atoms with E-state index in [9.17, 15) is 9.90 Å². The van der Waals surface area contributed by atoms with Crippen LogP contribution in [0.3, 0.4) is 0 Å². The minimum Gasteiger partial charge on any atom is -0.380 e. The van der Waals surface area contributed by atoms with Gasteiger partial charge < -0.3 is 30.8 Å². The summed E-state index contributed by atoms with van der Waals surface area (Å²) in [6.45, 7) is 3.98. The number of aliphatic hydroxyl groups is 1. The average Bonchev–Trinajstić information content (AvgIpc) is 3.29. The van der Waals surface area contributed by atoms with E-state index >= 15 is 0 Å². The van der Waals surface area contributed by atoms with Crippen molar-refractivity contribution in [1.82, 2.24) is 20.3 Å². The molecule has 34 heavy (non-hydrogen) atoms. The predicted octanol–water partition coefficient (Wildman–Crippen LogP) is 1.88. The quantitative estimate of drug-likeness (QED) is 0.466. The number of aromatic nitrogens is 3. The summed E-state index contributed by atoms with van der Waals surface area (Å²) in [4.78, 5) is 26.3. The van der Waals surface area contributed by atoms with Gasteiger partial charge in [0, 0.05) is 36.8 Å². The molecule has 2 aromatic heterocycles. The van der Waals surface area contributed by atoms with Crippen molar-refractivity contribution >= 4 is 22.8 Å². The molecule has 1 atom stereocenters. The number of benzene rings is 1. The highest BCUT2D eigenvalue weighted by Gasteiger charge is 2.53.